The fourth-order valence-electron chi connectivity index (χ4n) is 6.77. The zero-order valence-corrected chi connectivity index (χ0v) is 33.1. The van der Waals surface area contributed by atoms with Crippen molar-refractivity contribution in [2.45, 2.75) is 229 Å². The van der Waals surface area contributed by atoms with Crippen molar-refractivity contribution < 1.29 is 59.0 Å². The molecule has 0 spiro atoms. The smallest absolute Gasteiger partial charge is 0.393 e. The second-order valence-electron chi connectivity index (χ2n) is 15.0. The lowest BCUT2D eigenvalue weighted by Crippen LogP contribution is -2.64. The fourth-order valence-corrected chi connectivity index (χ4v) is 7.74. The van der Waals surface area contributed by atoms with Gasteiger partial charge in [0.25, 0.3) is 0 Å². The van der Waals surface area contributed by atoms with Gasteiger partial charge in [-0.05, 0) is 12.8 Å². The molecule has 14 heteroatoms. The predicted octanol–water partition coefficient (Wildman–Crippen LogP) is 5.31. The van der Waals surface area contributed by atoms with Gasteiger partial charge in [0, 0.05) is 0 Å². The number of aliphatic hydroxyl groups is 7. The van der Waals surface area contributed by atoms with E-state index in [0.717, 1.165) is 64.2 Å². The molecule has 8 atom stereocenters. The molecule has 0 saturated heterocycles. The van der Waals surface area contributed by atoms with Crippen LogP contribution in [0.1, 0.15) is 174 Å². The Kier molecular flexibility index (Phi) is 28.0. The van der Waals surface area contributed by atoms with Crippen LogP contribution in [-0.4, -0.2) is 108 Å². The zero-order valence-electron chi connectivity index (χ0n) is 32.2. The molecule has 52 heavy (non-hydrogen) atoms. The predicted molar refractivity (Wildman–Crippen MR) is 201 cm³/mol. The Hall–Kier alpha value is -0.700. The van der Waals surface area contributed by atoms with E-state index < -0.39 is 75.2 Å². The Bertz CT molecular complexity index is 916. The molecule has 1 rings (SSSR count). The highest BCUT2D eigenvalue weighted by molar-refractivity contribution is 7.47. The van der Waals surface area contributed by atoms with Gasteiger partial charge in [0.2, 0.25) is 5.91 Å². The minimum Gasteiger partial charge on any atom is -0.393 e. The summed E-state index contributed by atoms with van der Waals surface area (Å²) in [5.74, 6) is -0.562. The molecule has 0 aromatic carbocycles. The van der Waals surface area contributed by atoms with Crippen molar-refractivity contribution in [1.29, 1.82) is 0 Å². The number of carbonyl (C=O) groups is 1. The lowest BCUT2D eigenvalue weighted by Gasteiger charge is -2.41. The van der Waals surface area contributed by atoms with Gasteiger partial charge in [-0.25, -0.2) is 4.57 Å². The van der Waals surface area contributed by atoms with E-state index in [1.807, 2.05) is 0 Å². The topological polar surface area (TPSA) is 226 Å². The Balaban J connectivity index is 2.50. The standard InChI is InChI=1S/C38H76NO12P/c1-3-5-7-9-11-12-13-14-15-16-17-18-20-21-23-25-29(40)27-32(42)39-30(31(41)26-24-22-19-10-8-6-4-2)28-50-52(48,49)51-38-36(46)34(44)33(43)35(45)37(38)47/h29-31,33-38,40-41,43-47H,3-28H2,1-2H3,(H,39,42)(H,48,49). The third kappa shape index (κ3) is 22.0. The summed E-state index contributed by atoms with van der Waals surface area (Å²) in [5, 5.41) is 74.1. The van der Waals surface area contributed by atoms with Crippen molar-refractivity contribution in [2.24, 2.45) is 0 Å². The van der Waals surface area contributed by atoms with E-state index in [1.165, 1.54) is 70.6 Å². The second-order valence-corrected chi connectivity index (χ2v) is 16.4. The summed E-state index contributed by atoms with van der Waals surface area (Å²) in [6, 6.07) is -1.14. The summed E-state index contributed by atoms with van der Waals surface area (Å²) in [4.78, 5) is 23.2. The molecule has 0 bridgehead atoms. The van der Waals surface area contributed by atoms with Gasteiger partial charge in [-0.15, -0.1) is 0 Å². The number of amides is 1. The lowest BCUT2D eigenvalue weighted by atomic mass is 9.85. The van der Waals surface area contributed by atoms with Gasteiger partial charge in [0.05, 0.1) is 31.3 Å². The van der Waals surface area contributed by atoms with Crippen molar-refractivity contribution in [3.63, 3.8) is 0 Å². The molecule has 13 nitrogen and oxygen atoms in total. The molecule has 1 saturated carbocycles. The number of phosphoric ester groups is 1. The van der Waals surface area contributed by atoms with Gasteiger partial charge in [-0.1, -0.05) is 155 Å². The average molecular weight is 770 g/mol. The molecular weight excluding hydrogens is 693 g/mol. The van der Waals surface area contributed by atoms with E-state index in [2.05, 4.69) is 19.2 Å². The largest absolute Gasteiger partial charge is 0.472 e. The maximum Gasteiger partial charge on any atom is 0.472 e. The van der Waals surface area contributed by atoms with E-state index in [4.69, 9.17) is 9.05 Å². The SMILES string of the molecule is CCCCCCCCCCCCCCCCCC(O)CC(=O)NC(COP(=O)(O)OC1C(O)C(O)C(O)C(O)C1O)C(O)CCCCCCCCC. The normalized spacial score (nSPS) is 25.0. The minimum absolute atomic E-state index is 0.217. The van der Waals surface area contributed by atoms with Crippen LogP contribution >= 0.6 is 7.82 Å². The van der Waals surface area contributed by atoms with Crippen molar-refractivity contribution in [3.05, 3.63) is 0 Å². The first-order valence-electron chi connectivity index (χ1n) is 20.6. The lowest BCUT2D eigenvalue weighted by molar-refractivity contribution is -0.220. The van der Waals surface area contributed by atoms with E-state index in [-0.39, 0.29) is 12.8 Å². The molecule has 1 aliphatic carbocycles. The number of rotatable bonds is 33. The molecule has 0 aromatic heterocycles. The van der Waals surface area contributed by atoms with Crippen LogP contribution in [0.3, 0.4) is 0 Å². The van der Waals surface area contributed by atoms with Crippen molar-refractivity contribution in [3.8, 4) is 0 Å². The molecule has 8 unspecified atom stereocenters. The molecular formula is C38H76NO12P. The molecule has 1 aliphatic rings. The number of unbranched alkanes of at least 4 members (excludes halogenated alkanes) is 20. The van der Waals surface area contributed by atoms with E-state index in [1.54, 1.807) is 0 Å². The van der Waals surface area contributed by atoms with Gasteiger partial charge >= 0.3 is 7.82 Å². The number of carbonyl (C=O) groups excluding carboxylic acids is 1. The van der Waals surface area contributed by atoms with Crippen molar-refractivity contribution in [1.82, 2.24) is 5.32 Å². The maximum atomic E-state index is 12.9. The summed E-state index contributed by atoms with van der Waals surface area (Å²) in [6.45, 7) is 3.70. The molecule has 0 aliphatic heterocycles. The van der Waals surface area contributed by atoms with E-state index in [0.29, 0.717) is 12.8 Å². The first-order chi connectivity index (χ1) is 24.8. The van der Waals surface area contributed by atoms with E-state index >= 15 is 0 Å². The number of nitrogens with one attached hydrogen (secondary N) is 1. The highest BCUT2D eigenvalue weighted by Gasteiger charge is 2.51. The summed E-state index contributed by atoms with van der Waals surface area (Å²) in [6.07, 6.45) is 12.0. The van der Waals surface area contributed by atoms with E-state index in [9.17, 15) is 50.0 Å². The molecule has 1 fully saturated rings. The Morgan fingerprint density at radius 2 is 0.962 bits per heavy atom. The Labute approximate surface area is 313 Å². The number of phosphoric acid groups is 1. The molecule has 1 amide bonds. The van der Waals surface area contributed by atoms with Crippen LogP contribution in [0.15, 0.2) is 0 Å². The number of hydrogen-bond acceptors (Lipinski definition) is 11. The van der Waals surface area contributed by atoms with Gasteiger partial charge in [0.15, 0.2) is 0 Å². The quantitative estimate of drug-likeness (QED) is 0.0306. The second kappa shape index (κ2) is 29.6. The zero-order chi connectivity index (χ0) is 38.8. The Morgan fingerprint density at radius 3 is 1.38 bits per heavy atom. The fraction of sp³-hybridized carbons (Fsp3) is 0.974. The summed E-state index contributed by atoms with van der Waals surface area (Å²) in [5.41, 5.74) is 0. The number of aliphatic hydroxyl groups excluding tert-OH is 7. The first kappa shape index (κ1) is 49.3. The molecule has 0 radical (unpaired) electrons. The third-order valence-electron chi connectivity index (χ3n) is 10.2. The van der Waals surface area contributed by atoms with Gasteiger partial charge in [0.1, 0.15) is 36.6 Å². The van der Waals surface area contributed by atoms with Crippen LogP contribution in [0.4, 0.5) is 0 Å². The van der Waals surface area contributed by atoms with Crippen molar-refractivity contribution >= 4 is 13.7 Å². The molecule has 310 valence electrons. The molecule has 9 N–H and O–H groups in total. The third-order valence-corrected chi connectivity index (χ3v) is 11.2. The van der Waals surface area contributed by atoms with Crippen LogP contribution in [0.25, 0.3) is 0 Å². The van der Waals surface area contributed by atoms with Crippen molar-refractivity contribution in [2.75, 3.05) is 6.61 Å². The Morgan fingerprint density at radius 1 is 0.596 bits per heavy atom. The number of hydrogen-bond donors (Lipinski definition) is 9. The van der Waals surface area contributed by atoms with Gasteiger partial charge in [-0.3, -0.25) is 13.8 Å². The highest BCUT2D eigenvalue weighted by Crippen LogP contribution is 2.47. The average Bonchev–Trinajstić information content (AvgIpc) is 3.11. The molecule has 0 aromatic rings. The summed E-state index contributed by atoms with van der Waals surface area (Å²) < 4.78 is 22.7. The molecule has 0 heterocycles. The maximum absolute atomic E-state index is 12.9. The van der Waals surface area contributed by atoms with Crippen LogP contribution in [0.2, 0.25) is 0 Å². The minimum atomic E-state index is -5.10. The monoisotopic (exact) mass is 770 g/mol. The highest BCUT2D eigenvalue weighted by atomic mass is 31.2. The van der Waals surface area contributed by atoms with Crippen LogP contribution in [0.5, 0.6) is 0 Å². The van der Waals surface area contributed by atoms with Crippen LogP contribution in [-0.2, 0) is 18.4 Å². The first-order valence-corrected chi connectivity index (χ1v) is 22.1. The van der Waals surface area contributed by atoms with Crippen LogP contribution in [0, 0.1) is 0 Å². The van der Waals surface area contributed by atoms with Gasteiger partial charge < -0.3 is 46.0 Å². The summed E-state index contributed by atoms with van der Waals surface area (Å²) >= 11 is 0. The summed E-state index contributed by atoms with van der Waals surface area (Å²) in [7, 11) is -5.10. The van der Waals surface area contributed by atoms with Crippen LogP contribution < -0.4 is 5.32 Å². The van der Waals surface area contributed by atoms with Gasteiger partial charge in [-0.2, -0.15) is 0 Å².